The van der Waals surface area contributed by atoms with Gasteiger partial charge in [0.2, 0.25) is 5.91 Å². The third-order valence-electron chi connectivity index (χ3n) is 5.13. The van der Waals surface area contributed by atoms with Gasteiger partial charge < -0.3 is 16.0 Å². The molecule has 0 radical (unpaired) electrons. The van der Waals surface area contributed by atoms with Crippen molar-refractivity contribution in [2.24, 2.45) is 5.73 Å². The Bertz CT molecular complexity index is 1120. The largest absolute Gasteiger partial charge is 0.346 e. The van der Waals surface area contributed by atoms with Crippen LogP contribution in [0.15, 0.2) is 73.1 Å². The predicted molar refractivity (Wildman–Crippen MR) is 118 cm³/mol. The third kappa shape index (κ3) is 4.05. The number of carbonyl (C=O) groups is 1. The Morgan fingerprint density at radius 1 is 1.10 bits per heavy atom. The van der Waals surface area contributed by atoms with Crippen LogP contribution in [-0.4, -0.2) is 21.9 Å². The van der Waals surface area contributed by atoms with E-state index in [1.807, 2.05) is 73.1 Å². The zero-order chi connectivity index (χ0) is 20.2. The van der Waals surface area contributed by atoms with Crippen molar-refractivity contribution in [3.63, 3.8) is 0 Å². The number of nitrogens with two attached hydrogens (primary N) is 1. The van der Waals surface area contributed by atoms with Gasteiger partial charge in [-0.15, -0.1) is 0 Å². The molecule has 4 N–H and O–H groups in total. The number of hydrogen-bond acceptors (Lipinski definition) is 3. The third-order valence-corrected chi connectivity index (χ3v) is 5.13. The molecule has 0 fully saturated rings. The van der Waals surface area contributed by atoms with E-state index in [4.69, 9.17) is 5.73 Å². The number of nitrogens with zero attached hydrogens (tertiary/aromatic N) is 1. The fourth-order valence-corrected chi connectivity index (χ4v) is 3.57. The second-order valence-corrected chi connectivity index (χ2v) is 7.11. The maximum Gasteiger partial charge on any atom is 0.241 e. The molecule has 146 valence electrons. The summed E-state index contributed by atoms with van der Waals surface area (Å²) in [4.78, 5) is 20.1. The first kappa shape index (κ1) is 18.9. The van der Waals surface area contributed by atoms with Gasteiger partial charge in [0.15, 0.2) is 0 Å². The summed E-state index contributed by atoms with van der Waals surface area (Å²) in [6.07, 6.45) is 5.27. The highest BCUT2D eigenvalue weighted by atomic mass is 16.2. The van der Waals surface area contributed by atoms with Crippen molar-refractivity contribution in [2.75, 3.05) is 5.32 Å². The van der Waals surface area contributed by atoms with Crippen LogP contribution in [0.5, 0.6) is 0 Å². The number of nitrogens with one attached hydrogen (secondary N) is 2. The van der Waals surface area contributed by atoms with Crippen LogP contribution >= 0.6 is 0 Å². The van der Waals surface area contributed by atoms with Gasteiger partial charge in [0.1, 0.15) is 5.65 Å². The van der Waals surface area contributed by atoms with Gasteiger partial charge in [0, 0.05) is 23.5 Å². The van der Waals surface area contributed by atoms with Crippen molar-refractivity contribution >= 4 is 22.6 Å². The van der Waals surface area contributed by atoms with Crippen molar-refractivity contribution < 1.29 is 4.79 Å². The maximum atomic E-state index is 12.4. The number of aromatic amines is 1. The van der Waals surface area contributed by atoms with Crippen molar-refractivity contribution in [3.8, 4) is 11.1 Å². The molecule has 0 bridgehead atoms. The Labute approximate surface area is 170 Å². The number of amides is 1. The van der Waals surface area contributed by atoms with Gasteiger partial charge in [-0.3, -0.25) is 4.79 Å². The molecule has 2 aromatic carbocycles. The van der Waals surface area contributed by atoms with Gasteiger partial charge in [-0.05, 0) is 53.3 Å². The number of fused-ring (bicyclic) bond motifs is 1. The molecular formula is C24H24N4O. The van der Waals surface area contributed by atoms with Gasteiger partial charge in [0.25, 0.3) is 0 Å². The highest BCUT2D eigenvalue weighted by Gasteiger charge is 2.15. The molecule has 1 atom stereocenters. The van der Waals surface area contributed by atoms with Crippen molar-refractivity contribution in [1.29, 1.82) is 0 Å². The van der Waals surface area contributed by atoms with Crippen molar-refractivity contribution in [2.45, 2.75) is 25.8 Å². The number of anilines is 1. The van der Waals surface area contributed by atoms with E-state index in [-0.39, 0.29) is 5.91 Å². The molecule has 0 saturated heterocycles. The molecule has 4 aromatic rings. The summed E-state index contributed by atoms with van der Waals surface area (Å²) in [5.74, 6) is -0.188. The smallest absolute Gasteiger partial charge is 0.241 e. The average Bonchev–Trinajstić information content (AvgIpc) is 3.18. The number of rotatable bonds is 6. The number of aryl methyl sites for hydroxylation is 1. The van der Waals surface area contributed by atoms with Crippen LogP contribution < -0.4 is 11.1 Å². The zero-order valence-electron chi connectivity index (χ0n) is 16.4. The first-order chi connectivity index (χ1) is 14.2. The normalized spacial score (nSPS) is 12.1. The van der Waals surface area contributed by atoms with Gasteiger partial charge in [-0.2, -0.15) is 0 Å². The minimum atomic E-state index is -0.594. The molecule has 5 nitrogen and oxygen atoms in total. The monoisotopic (exact) mass is 384 g/mol. The summed E-state index contributed by atoms with van der Waals surface area (Å²) in [6, 6.07) is 19.1. The minimum absolute atomic E-state index is 0.188. The maximum absolute atomic E-state index is 12.4. The number of aromatic nitrogens is 2. The second-order valence-electron chi connectivity index (χ2n) is 7.11. The molecule has 0 unspecified atom stereocenters. The van der Waals surface area contributed by atoms with Crippen LogP contribution in [0.25, 0.3) is 22.2 Å². The number of hydrogen-bond donors (Lipinski definition) is 3. The van der Waals surface area contributed by atoms with Gasteiger partial charge >= 0.3 is 0 Å². The van der Waals surface area contributed by atoms with Crippen LogP contribution in [0, 0.1) is 0 Å². The molecule has 0 aliphatic carbocycles. The number of H-pyrrole nitrogens is 1. The van der Waals surface area contributed by atoms with E-state index >= 15 is 0 Å². The lowest BCUT2D eigenvalue weighted by Gasteiger charge is -2.13. The van der Waals surface area contributed by atoms with Crippen molar-refractivity contribution in [3.05, 3.63) is 84.2 Å². The number of pyridine rings is 1. The first-order valence-corrected chi connectivity index (χ1v) is 9.81. The van der Waals surface area contributed by atoms with E-state index in [0.717, 1.165) is 39.8 Å². The predicted octanol–water partition coefficient (Wildman–Crippen LogP) is 4.30. The van der Waals surface area contributed by atoms with Crippen LogP contribution in [0.3, 0.4) is 0 Å². The Balaban J connectivity index is 1.50. The molecule has 0 spiro atoms. The second kappa shape index (κ2) is 8.29. The minimum Gasteiger partial charge on any atom is -0.346 e. The van der Waals surface area contributed by atoms with E-state index in [1.54, 1.807) is 0 Å². The van der Waals surface area contributed by atoms with Crippen LogP contribution in [0.2, 0.25) is 0 Å². The molecule has 2 heterocycles. The fourth-order valence-electron chi connectivity index (χ4n) is 3.57. The SMILES string of the molecule is CCc1c[nH]c2nccc(-c3ccc(NC(=O)[C@H](N)Cc4ccccc4)cc3)c12. The van der Waals surface area contributed by atoms with Crippen LogP contribution in [0.4, 0.5) is 5.69 Å². The topological polar surface area (TPSA) is 83.8 Å². The molecule has 0 aliphatic heterocycles. The van der Waals surface area contributed by atoms with E-state index < -0.39 is 6.04 Å². The lowest BCUT2D eigenvalue weighted by Crippen LogP contribution is -2.37. The summed E-state index contributed by atoms with van der Waals surface area (Å²) < 4.78 is 0. The molecular weight excluding hydrogens is 360 g/mol. The van der Waals surface area contributed by atoms with Crippen molar-refractivity contribution in [1.82, 2.24) is 9.97 Å². The highest BCUT2D eigenvalue weighted by Crippen LogP contribution is 2.31. The molecule has 4 rings (SSSR count). The summed E-state index contributed by atoms with van der Waals surface area (Å²) in [6.45, 7) is 2.14. The van der Waals surface area contributed by atoms with E-state index in [2.05, 4.69) is 22.2 Å². The van der Waals surface area contributed by atoms with Crippen LogP contribution in [0.1, 0.15) is 18.1 Å². The first-order valence-electron chi connectivity index (χ1n) is 9.81. The molecule has 0 aliphatic rings. The Kier molecular flexibility index (Phi) is 5.40. The quantitative estimate of drug-likeness (QED) is 0.463. The highest BCUT2D eigenvalue weighted by molar-refractivity contribution is 5.97. The lowest BCUT2D eigenvalue weighted by molar-refractivity contribution is -0.117. The molecule has 5 heteroatoms. The van der Waals surface area contributed by atoms with Crippen LogP contribution in [-0.2, 0) is 17.6 Å². The Hall–Kier alpha value is -3.44. The van der Waals surface area contributed by atoms with E-state index in [0.29, 0.717) is 6.42 Å². The Morgan fingerprint density at radius 2 is 1.86 bits per heavy atom. The number of benzene rings is 2. The van der Waals surface area contributed by atoms with Gasteiger partial charge in [-0.1, -0.05) is 49.4 Å². The molecule has 2 aromatic heterocycles. The standard InChI is InChI=1S/C24H24N4O/c1-2-17-15-27-23-22(17)20(12-13-26-23)18-8-10-19(11-9-18)28-24(29)21(25)14-16-6-4-3-5-7-16/h3-13,15,21H,2,14,25H2,1H3,(H,26,27)(H,28,29)/t21-/m1/s1. The summed E-state index contributed by atoms with van der Waals surface area (Å²) in [5.41, 5.74) is 12.2. The molecule has 1 amide bonds. The average molecular weight is 384 g/mol. The van der Waals surface area contributed by atoms with Gasteiger partial charge in [-0.25, -0.2) is 4.98 Å². The molecule has 0 saturated carbocycles. The zero-order valence-corrected chi connectivity index (χ0v) is 16.4. The summed E-state index contributed by atoms with van der Waals surface area (Å²) in [7, 11) is 0. The fraction of sp³-hybridized carbons (Fsp3) is 0.167. The van der Waals surface area contributed by atoms with E-state index in [9.17, 15) is 4.79 Å². The van der Waals surface area contributed by atoms with E-state index in [1.165, 1.54) is 5.56 Å². The summed E-state index contributed by atoms with van der Waals surface area (Å²) >= 11 is 0. The lowest BCUT2D eigenvalue weighted by atomic mass is 10.00. The summed E-state index contributed by atoms with van der Waals surface area (Å²) in [5, 5.41) is 4.06. The number of carbonyl (C=O) groups excluding carboxylic acids is 1. The van der Waals surface area contributed by atoms with Gasteiger partial charge in [0.05, 0.1) is 6.04 Å². The Morgan fingerprint density at radius 3 is 2.59 bits per heavy atom. The molecule has 29 heavy (non-hydrogen) atoms.